The van der Waals surface area contributed by atoms with Crippen LogP contribution in [0.4, 0.5) is 0 Å². The van der Waals surface area contributed by atoms with E-state index in [1.807, 2.05) is 0 Å². The third kappa shape index (κ3) is 4.02. The Labute approximate surface area is 99.2 Å². The molecule has 16 heavy (non-hydrogen) atoms. The first-order valence-corrected chi connectivity index (χ1v) is 6.85. The van der Waals surface area contributed by atoms with Crippen LogP contribution in [0, 0.1) is 6.20 Å². The molecule has 2 aliphatic rings. The molecule has 0 aromatic rings. The third-order valence-corrected chi connectivity index (χ3v) is 3.69. The molecule has 0 N–H and O–H groups in total. The topological polar surface area (TPSA) is 26.5 Å². The van der Waals surface area contributed by atoms with E-state index in [4.69, 9.17) is 0 Å². The highest BCUT2D eigenvalue weighted by Gasteiger charge is 2.10. The molecule has 2 heteroatoms. The Morgan fingerprint density at radius 2 is 1.44 bits per heavy atom. The molecule has 1 radical (unpaired) electrons. The van der Waals surface area contributed by atoms with Gasteiger partial charge in [0.15, 0.2) is 0 Å². The van der Waals surface area contributed by atoms with E-state index in [0.29, 0.717) is 12.1 Å². The van der Waals surface area contributed by atoms with Crippen LogP contribution in [0.3, 0.4) is 0 Å². The van der Waals surface area contributed by atoms with Crippen LogP contribution in [0.1, 0.15) is 64.2 Å². The van der Waals surface area contributed by atoms with E-state index in [0.717, 1.165) is 0 Å². The van der Waals surface area contributed by atoms with Gasteiger partial charge in [0.1, 0.15) is 0 Å². The molecular formula is C14H22N2-. The van der Waals surface area contributed by atoms with Crippen LogP contribution in [0.5, 0.6) is 0 Å². The maximum atomic E-state index is 4.41. The summed E-state index contributed by atoms with van der Waals surface area (Å²) in [5.41, 5.74) is 0. The number of hydrogen-bond donors (Lipinski definition) is 0. The van der Waals surface area contributed by atoms with Crippen molar-refractivity contribution in [1.82, 2.24) is 0 Å². The number of hydrogen-bond acceptors (Lipinski definition) is 1. The second kappa shape index (κ2) is 6.75. The fourth-order valence-electron chi connectivity index (χ4n) is 2.66. The van der Waals surface area contributed by atoms with Gasteiger partial charge in [-0.3, -0.25) is 0 Å². The molecular weight excluding hydrogens is 196 g/mol. The smallest absolute Gasteiger partial charge is 0.0593 e. The van der Waals surface area contributed by atoms with Crippen LogP contribution < -0.4 is 0 Å². The average molecular weight is 218 g/mol. The predicted molar refractivity (Wildman–Crippen MR) is 67.8 cm³/mol. The van der Waals surface area contributed by atoms with Crippen molar-refractivity contribution in [3.63, 3.8) is 0 Å². The van der Waals surface area contributed by atoms with Crippen molar-refractivity contribution < 1.29 is 0 Å². The van der Waals surface area contributed by atoms with Crippen molar-refractivity contribution in [3.8, 4) is 0 Å². The van der Waals surface area contributed by atoms with Gasteiger partial charge in [0, 0.05) is 0 Å². The molecule has 0 amide bonds. The first kappa shape index (κ1) is 11.7. The second-order valence-corrected chi connectivity index (χ2v) is 5.07. The standard InChI is InChI=1S/C14H22N2/c1-3-7-13(8-4-1)15-11-12-16-14-9-5-2-6-10-14/h13-14H,1-10H2/q-1. The highest BCUT2D eigenvalue weighted by atomic mass is 14.9. The summed E-state index contributed by atoms with van der Waals surface area (Å²) < 4.78 is 0. The van der Waals surface area contributed by atoms with E-state index in [2.05, 4.69) is 22.4 Å². The molecule has 0 aromatic heterocycles. The van der Waals surface area contributed by atoms with Crippen LogP contribution >= 0.6 is 0 Å². The van der Waals surface area contributed by atoms with E-state index in [-0.39, 0.29) is 0 Å². The van der Waals surface area contributed by atoms with Crippen LogP contribution in [0.2, 0.25) is 0 Å². The molecule has 0 unspecified atom stereocenters. The molecule has 0 aromatic carbocycles. The summed E-state index contributed by atoms with van der Waals surface area (Å²) >= 11 is 0. The molecule has 2 fully saturated rings. The van der Waals surface area contributed by atoms with Crippen molar-refractivity contribution in [1.29, 1.82) is 0 Å². The lowest BCUT2D eigenvalue weighted by atomic mass is 9.96. The summed E-state index contributed by atoms with van der Waals surface area (Å²) in [6.07, 6.45) is 15.9. The molecule has 2 saturated carbocycles. The van der Waals surface area contributed by atoms with E-state index in [1.165, 1.54) is 64.2 Å². The molecule has 0 atom stereocenters. The monoisotopic (exact) mass is 218 g/mol. The highest BCUT2D eigenvalue weighted by molar-refractivity contribution is 5.51. The van der Waals surface area contributed by atoms with Gasteiger partial charge in [-0.25, -0.2) is 4.99 Å². The lowest BCUT2D eigenvalue weighted by Crippen LogP contribution is -2.10. The molecule has 2 rings (SSSR count). The fourth-order valence-corrected chi connectivity index (χ4v) is 2.66. The summed E-state index contributed by atoms with van der Waals surface area (Å²) in [5.74, 6) is 2.91. The maximum Gasteiger partial charge on any atom is 0.0593 e. The Bertz CT molecular complexity index is 241. The van der Waals surface area contributed by atoms with Crippen molar-refractivity contribution >= 4 is 5.87 Å². The quantitative estimate of drug-likeness (QED) is 0.640. The van der Waals surface area contributed by atoms with Gasteiger partial charge in [0.05, 0.1) is 6.04 Å². The molecule has 0 aliphatic heterocycles. The molecule has 2 aliphatic carbocycles. The summed E-state index contributed by atoms with van der Waals surface area (Å²) in [6.45, 7) is 0. The van der Waals surface area contributed by atoms with Gasteiger partial charge in [-0.05, 0) is 18.7 Å². The lowest BCUT2D eigenvalue weighted by Gasteiger charge is -2.31. The van der Waals surface area contributed by atoms with Gasteiger partial charge in [0.25, 0.3) is 0 Å². The minimum Gasteiger partial charge on any atom is -0.674 e. The SMILES string of the molecule is [C](=C=NC1CCCCC1)[N-]C1CCCCC1. The van der Waals surface area contributed by atoms with Crippen molar-refractivity contribution in [2.75, 3.05) is 0 Å². The first-order chi connectivity index (χ1) is 7.95. The number of nitrogens with zero attached hydrogens (tertiary/aromatic N) is 2. The summed E-state index contributed by atoms with van der Waals surface area (Å²) in [5, 5.41) is 4.41. The van der Waals surface area contributed by atoms with E-state index in [9.17, 15) is 0 Å². The summed E-state index contributed by atoms with van der Waals surface area (Å²) in [7, 11) is 0. The van der Waals surface area contributed by atoms with E-state index in [1.54, 1.807) is 0 Å². The van der Waals surface area contributed by atoms with Crippen LogP contribution in [-0.4, -0.2) is 18.0 Å². The molecule has 0 saturated heterocycles. The van der Waals surface area contributed by atoms with Crippen molar-refractivity contribution in [2.45, 2.75) is 76.3 Å². The van der Waals surface area contributed by atoms with Crippen LogP contribution in [-0.2, 0) is 0 Å². The molecule has 2 nitrogen and oxygen atoms in total. The number of aliphatic imine (C=N–C) groups is 1. The van der Waals surface area contributed by atoms with Gasteiger partial charge < -0.3 is 5.32 Å². The van der Waals surface area contributed by atoms with Gasteiger partial charge in [0.2, 0.25) is 0 Å². The average Bonchev–Trinajstić information content (AvgIpc) is 2.37. The lowest BCUT2D eigenvalue weighted by molar-refractivity contribution is 0.444. The van der Waals surface area contributed by atoms with E-state index >= 15 is 0 Å². The van der Waals surface area contributed by atoms with Crippen molar-refractivity contribution in [3.05, 3.63) is 11.5 Å². The number of rotatable bonds is 3. The first-order valence-electron chi connectivity index (χ1n) is 6.85. The van der Waals surface area contributed by atoms with Crippen molar-refractivity contribution in [2.24, 2.45) is 4.99 Å². The van der Waals surface area contributed by atoms with E-state index < -0.39 is 0 Å². The minimum absolute atomic E-state index is 0.503. The highest BCUT2D eigenvalue weighted by Crippen LogP contribution is 2.23. The molecule has 0 spiro atoms. The Balaban J connectivity index is 1.68. The van der Waals surface area contributed by atoms with Crippen LogP contribution in [0.25, 0.3) is 5.32 Å². The Hall–Kier alpha value is -0.750. The zero-order valence-corrected chi connectivity index (χ0v) is 10.1. The zero-order chi connectivity index (χ0) is 11.1. The molecule has 0 heterocycles. The second-order valence-electron chi connectivity index (χ2n) is 5.07. The van der Waals surface area contributed by atoms with Gasteiger partial charge in [-0.2, -0.15) is 0 Å². The zero-order valence-electron chi connectivity index (χ0n) is 10.1. The Morgan fingerprint density at radius 1 is 0.812 bits per heavy atom. The molecule has 0 bridgehead atoms. The fraction of sp³-hybridized carbons (Fsp3) is 0.857. The Morgan fingerprint density at radius 3 is 2.12 bits per heavy atom. The van der Waals surface area contributed by atoms with Crippen LogP contribution in [0.15, 0.2) is 4.99 Å². The minimum atomic E-state index is 0.503. The van der Waals surface area contributed by atoms with Gasteiger partial charge in [-0.15, -0.1) is 6.04 Å². The molecule has 89 valence electrons. The van der Waals surface area contributed by atoms with Gasteiger partial charge >= 0.3 is 0 Å². The van der Waals surface area contributed by atoms with Gasteiger partial charge in [-0.1, -0.05) is 57.6 Å². The third-order valence-electron chi connectivity index (χ3n) is 3.69. The summed E-state index contributed by atoms with van der Waals surface area (Å²) in [6, 6.07) is 1.01. The largest absolute Gasteiger partial charge is 0.674 e. The summed E-state index contributed by atoms with van der Waals surface area (Å²) in [4.78, 5) is 4.41. The Kier molecular flexibility index (Phi) is 4.95. The predicted octanol–water partition coefficient (Wildman–Crippen LogP) is 4.01. The maximum absolute atomic E-state index is 4.41. The normalized spacial score (nSPS) is 23.5.